The van der Waals surface area contributed by atoms with Crippen LogP contribution < -0.4 is 4.90 Å². The molecule has 8 heteroatoms. The Morgan fingerprint density at radius 2 is 2.35 bits per heavy atom. The highest BCUT2D eigenvalue weighted by molar-refractivity contribution is 5.89. The van der Waals surface area contributed by atoms with E-state index in [1.165, 1.54) is 34.1 Å². The van der Waals surface area contributed by atoms with Gasteiger partial charge >= 0.3 is 6.09 Å². The van der Waals surface area contributed by atoms with Gasteiger partial charge in [-0.3, -0.25) is 4.90 Å². The second-order valence-corrected chi connectivity index (χ2v) is 4.28. The standard InChI is InChI=1S/C12H11FN4O3/c13-10-5-8(16-6-9(7-18)20-12(16)19)1-2-11(10)17-4-3-14-15-17/h1-5,9,18H,6-7H2/t9-/m1/s1. The van der Waals surface area contributed by atoms with Gasteiger partial charge in [0.2, 0.25) is 0 Å². The second-order valence-electron chi connectivity index (χ2n) is 4.28. The van der Waals surface area contributed by atoms with Gasteiger partial charge in [0, 0.05) is 0 Å². The Hall–Kier alpha value is -2.48. The first kappa shape index (κ1) is 12.5. The minimum Gasteiger partial charge on any atom is -0.441 e. The van der Waals surface area contributed by atoms with Crippen molar-refractivity contribution in [1.29, 1.82) is 0 Å². The lowest BCUT2D eigenvalue weighted by atomic mass is 10.2. The molecule has 1 N–H and O–H groups in total. The molecule has 1 saturated heterocycles. The van der Waals surface area contributed by atoms with E-state index in [0.717, 1.165) is 0 Å². The van der Waals surface area contributed by atoms with Crippen molar-refractivity contribution < 1.29 is 19.0 Å². The number of ether oxygens (including phenoxy) is 1. The molecule has 2 heterocycles. The zero-order valence-corrected chi connectivity index (χ0v) is 10.3. The molecule has 1 aliphatic heterocycles. The number of carbonyl (C=O) groups excluding carboxylic acids is 1. The van der Waals surface area contributed by atoms with Gasteiger partial charge in [-0.2, -0.15) is 0 Å². The number of aromatic nitrogens is 3. The van der Waals surface area contributed by atoms with E-state index in [0.29, 0.717) is 5.69 Å². The molecule has 0 radical (unpaired) electrons. The number of carbonyl (C=O) groups is 1. The molecule has 0 unspecified atom stereocenters. The van der Waals surface area contributed by atoms with E-state index < -0.39 is 18.0 Å². The summed E-state index contributed by atoms with van der Waals surface area (Å²) in [5, 5.41) is 16.3. The van der Waals surface area contributed by atoms with E-state index in [4.69, 9.17) is 9.84 Å². The summed E-state index contributed by atoms with van der Waals surface area (Å²) < 4.78 is 20.3. The Morgan fingerprint density at radius 1 is 1.50 bits per heavy atom. The highest BCUT2D eigenvalue weighted by atomic mass is 19.1. The summed E-state index contributed by atoms with van der Waals surface area (Å²) in [6, 6.07) is 4.30. The summed E-state index contributed by atoms with van der Waals surface area (Å²) >= 11 is 0. The summed E-state index contributed by atoms with van der Waals surface area (Å²) in [5.74, 6) is -0.534. The number of anilines is 1. The average Bonchev–Trinajstić information content (AvgIpc) is 3.07. The van der Waals surface area contributed by atoms with Gasteiger partial charge in [0.1, 0.15) is 11.8 Å². The predicted molar refractivity (Wildman–Crippen MR) is 66.0 cm³/mol. The summed E-state index contributed by atoms with van der Waals surface area (Å²) in [5.41, 5.74) is 0.602. The number of rotatable bonds is 3. The number of cyclic esters (lactones) is 1. The first-order valence-corrected chi connectivity index (χ1v) is 5.94. The third kappa shape index (κ3) is 2.10. The van der Waals surface area contributed by atoms with Crippen LogP contribution in [-0.4, -0.2) is 45.4 Å². The molecular formula is C12H11FN4O3. The molecule has 1 aliphatic rings. The number of aliphatic hydroxyl groups excluding tert-OH is 1. The van der Waals surface area contributed by atoms with Gasteiger partial charge in [0.05, 0.1) is 31.2 Å². The second kappa shape index (κ2) is 4.89. The lowest BCUT2D eigenvalue weighted by molar-refractivity contribution is 0.0963. The number of hydrogen-bond donors (Lipinski definition) is 1. The van der Waals surface area contributed by atoms with E-state index in [1.54, 1.807) is 6.07 Å². The molecule has 2 aromatic rings. The van der Waals surface area contributed by atoms with E-state index in [-0.39, 0.29) is 18.8 Å². The van der Waals surface area contributed by atoms with E-state index in [2.05, 4.69) is 10.3 Å². The van der Waals surface area contributed by atoms with Gasteiger partial charge in [0.15, 0.2) is 5.82 Å². The number of aliphatic hydroxyl groups is 1. The SMILES string of the molecule is O=C1O[C@@H](CO)CN1c1ccc(-n2ccnn2)c(F)c1. The summed E-state index contributed by atoms with van der Waals surface area (Å²) in [6.07, 6.45) is 1.78. The fraction of sp³-hybridized carbons (Fsp3) is 0.250. The predicted octanol–water partition coefficient (Wildman–Crippen LogP) is 0.724. The van der Waals surface area contributed by atoms with Crippen LogP contribution in [0.3, 0.4) is 0 Å². The van der Waals surface area contributed by atoms with Crippen molar-refractivity contribution >= 4 is 11.8 Å². The Kier molecular flexibility index (Phi) is 3.07. The van der Waals surface area contributed by atoms with Gasteiger partial charge in [-0.25, -0.2) is 13.9 Å². The fourth-order valence-corrected chi connectivity index (χ4v) is 2.01. The molecule has 3 rings (SSSR count). The summed E-state index contributed by atoms with van der Waals surface area (Å²) in [4.78, 5) is 12.9. The Morgan fingerprint density at radius 3 is 2.95 bits per heavy atom. The quantitative estimate of drug-likeness (QED) is 0.895. The normalized spacial score (nSPS) is 18.4. The summed E-state index contributed by atoms with van der Waals surface area (Å²) in [6.45, 7) is -0.0702. The zero-order valence-electron chi connectivity index (χ0n) is 10.3. The maximum Gasteiger partial charge on any atom is 0.414 e. The van der Waals surface area contributed by atoms with Crippen LogP contribution in [0.4, 0.5) is 14.9 Å². The van der Waals surface area contributed by atoms with E-state index in [1.807, 2.05) is 0 Å². The minimum absolute atomic E-state index is 0.192. The van der Waals surface area contributed by atoms with Crippen LogP contribution in [0.2, 0.25) is 0 Å². The van der Waals surface area contributed by atoms with Crippen LogP contribution in [0, 0.1) is 5.82 Å². The number of benzene rings is 1. The first-order chi connectivity index (χ1) is 9.69. The highest BCUT2D eigenvalue weighted by Gasteiger charge is 2.32. The van der Waals surface area contributed by atoms with Gasteiger partial charge in [-0.1, -0.05) is 5.21 Å². The largest absolute Gasteiger partial charge is 0.441 e. The molecule has 1 aromatic carbocycles. The van der Waals surface area contributed by atoms with Crippen LogP contribution in [-0.2, 0) is 4.74 Å². The van der Waals surface area contributed by atoms with Crippen molar-refractivity contribution in [2.24, 2.45) is 0 Å². The van der Waals surface area contributed by atoms with Crippen molar-refractivity contribution in [2.75, 3.05) is 18.1 Å². The fourth-order valence-electron chi connectivity index (χ4n) is 2.01. The molecule has 1 aromatic heterocycles. The monoisotopic (exact) mass is 278 g/mol. The van der Waals surface area contributed by atoms with Crippen molar-refractivity contribution in [3.8, 4) is 5.69 Å². The molecule has 1 atom stereocenters. The average molecular weight is 278 g/mol. The van der Waals surface area contributed by atoms with Gasteiger partial charge in [-0.15, -0.1) is 5.10 Å². The highest BCUT2D eigenvalue weighted by Crippen LogP contribution is 2.24. The minimum atomic E-state index is -0.600. The molecule has 0 aliphatic carbocycles. The maximum absolute atomic E-state index is 14.1. The molecule has 7 nitrogen and oxygen atoms in total. The first-order valence-electron chi connectivity index (χ1n) is 5.94. The van der Waals surface area contributed by atoms with Crippen LogP contribution in [0.5, 0.6) is 0 Å². The third-order valence-electron chi connectivity index (χ3n) is 2.99. The van der Waals surface area contributed by atoms with Crippen molar-refractivity contribution in [3.05, 3.63) is 36.4 Å². The van der Waals surface area contributed by atoms with Crippen LogP contribution in [0.1, 0.15) is 0 Å². The zero-order chi connectivity index (χ0) is 14.1. The van der Waals surface area contributed by atoms with Gasteiger partial charge in [0.25, 0.3) is 0 Å². The third-order valence-corrected chi connectivity index (χ3v) is 2.99. The van der Waals surface area contributed by atoms with Crippen molar-refractivity contribution in [3.63, 3.8) is 0 Å². The Labute approximate surface area is 113 Å². The Bertz CT molecular complexity index is 632. The number of halogens is 1. The topological polar surface area (TPSA) is 80.5 Å². The molecule has 0 spiro atoms. The van der Waals surface area contributed by atoms with Crippen LogP contribution in [0.15, 0.2) is 30.6 Å². The van der Waals surface area contributed by atoms with E-state index >= 15 is 0 Å². The van der Waals surface area contributed by atoms with Crippen LogP contribution in [0.25, 0.3) is 5.69 Å². The molecule has 1 fully saturated rings. The maximum atomic E-state index is 14.1. The van der Waals surface area contributed by atoms with E-state index in [9.17, 15) is 9.18 Å². The Balaban J connectivity index is 1.89. The molecule has 0 saturated carbocycles. The summed E-state index contributed by atoms with van der Waals surface area (Å²) in [7, 11) is 0. The van der Waals surface area contributed by atoms with Crippen molar-refractivity contribution in [1.82, 2.24) is 15.0 Å². The molecular weight excluding hydrogens is 267 g/mol. The van der Waals surface area contributed by atoms with Crippen LogP contribution >= 0.6 is 0 Å². The molecule has 0 bridgehead atoms. The lowest BCUT2D eigenvalue weighted by Gasteiger charge is -2.14. The number of amides is 1. The molecule has 1 amide bonds. The van der Waals surface area contributed by atoms with Gasteiger partial charge < -0.3 is 9.84 Å². The lowest BCUT2D eigenvalue weighted by Crippen LogP contribution is -2.25. The molecule has 20 heavy (non-hydrogen) atoms. The van der Waals surface area contributed by atoms with Crippen molar-refractivity contribution in [2.45, 2.75) is 6.10 Å². The number of nitrogens with zero attached hydrogens (tertiary/aromatic N) is 4. The number of hydrogen-bond acceptors (Lipinski definition) is 5. The van der Waals surface area contributed by atoms with Gasteiger partial charge in [-0.05, 0) is 18.2 Å². The molecule has 104 valence electrons. The smallest absolute Gasteiger partial charge is 0.414 e.